The summed E-state index contributed by atoms with van der Waals surface area (Å²) in [5.74, 6) is -0.167. The molecule has 0 heterocycles. The highest BCUT2D eigenvalue weighted by molar-refractivity contribution is 5.96. The molecule has 0 aliphatic rings. The number of benzene rings is 1. The highest BCUT2D eigenvalue weighted by Crippen LogP contribution is 2.29. The quantitative estimate of drug-likeness (QED) is 0.341. The Labute approximate surface area is 165 Å². The molecule has 8 heteroatoms. The van der Waals surface area contributed by atoms with Gasteiger partial charge in [-0.15, -0.1) is 0 Å². The molecular formula is C20H28N2O6. The Morgan fingerprint density at radius 3 is 2.54 bits per heavy atom. The van der Waals surface area contributed by atoms with E-state index in [1.807, 2.05) is 12.2 Å². The monoisotopic (exact) mass is 392 g/mol. The fourth-order valence-electron chi connectivity index (χ4n) is 2.06. The number of nitrogens with one attached hydrogen (secondary N) is 2. The van der Waals surface area contributed by atoms with Gasteiger partial charge in [-0.25, -0.2) is 9.59 Å². The lowest BCUT2D eigenvalue weighted by molar-refractivity contribution is -0.143. The third-order valence-electron chi connectivity index (χ3n) is 3.37. The maximum absolute atomic E-state index is 11.7. The van der Waals surface area contributed by atoms with Gasteiger partial charge < -0.3 is 19.5 Å². The SMILES string of the molecule is CCCCOc1ccc(/C=C/C(=O)OCC(=O)NC(=O)NCC)cc1OCC. The topological polar surface area (TPSA) is 103 Å². The van der Waals surface area contributed by atoms with Crippen LogP contribution in [0.2, 0.25) is 0 Å². The van der Waals surface area contributed by atoms with Crippen molar-refractivity contribution < 1.29 is 28.6 Å². The van der Waals surface area contributed by atoms with Crippen LogP contribution in [0.5, 0.6) is 11.5 Å². The Balaban J connectivity index is 2.59. The standard InChI is InChI=1S/C20H28N2O6/c1-4-7-12-27-16-10-8-15(13-17(16)26-6-3)9-11-19(24)28-14-18(23)22-20(25)21-5-2/h8-11,13H,4-7,12,14H2,1-3H3,(H2,21,22,23,25)/b11-9+. The molecule has 28 heavy (non-hydrogen) atoms. The lowest BCUT2D eigenvalue weighted by Crippen LogP contribution is -2.41. The van der Waals surface area contributed by atoms with Crippen molar-refractivity contribution in [1.29, 1.82) is 0 Å². The fourth-order valence-corrected chi connectivity index (χ4v) is 2.06. The second kappa shape index (κ2) is 13.2. The van der Waals surface area contributed by atoms with Crippen molar-refractivity contribution in [2.75, 3.05) is 26.4 Å². The number of esters is 1. The second-order valence-corrected chi connectivity index (χ2v) is 5.69. The molecule has 0 unspecified atom stereocenters. The maximum atomic E-state index is 11.7. The summed E-state index contributed by atoms with van der Waals surface area (Å²) >= 11 is 0. The molecule has 1 aromatic carbocycles. The van der Waals surface area contributed by atoms with Crippen molar-refractivity contribution in [3.05, 3.63) is 29.8 Å². The van der Waals surface area contributed by atoms with Crippen LogP contribution in [0.15, 0.2) is 24.3 Å². The number of carbonyl (C=O) groups excluding carboxylic acids is 3. The van der Waals surface area contributed by atoms with Gasteiger partial charge in [0, 0.05) is 12.6 Å². The Kier molecular flexibility index (Phi) is 10.8. The molecule has 2 N–H and O–H groups in total. The number of imide groups is 1. The van der Waals surface area contributed by atoms with Gasteiger partial charge in [0.1, 0.15) is 0 Å². The minimum Gasteiger partial charge on any atom is -0.490 e. The summed E-state index contributed by atoms with van der Waals surface area (Å²) in [6.45, 7) is 6.61. The average Bonchev–Trinajstić information content (AvgIpc) is 2.66. The van der Waals surface area contributed by atoms with Gasteiger partial charge in [-0.1, -0.05) is 19.4 Å². The molecule has 154 valence electrons. The molecule has 0 bridgehead atoms. The number of urea groups is 1. The van der Waals surface area contributed by atoms with E-state index in [1.54, 1.807) is 31.2 Å². The Bertz CT molecular complexity index is 687. The molecule has 0 saturated heterocycles. The molecule has 0 radical (unpaired) electrons. The number of hydrogen-bond donors (Lipinski definition) is 2. The van der Waals surface area contributed by atoms with Crippen LogP contribution in [0, 0.1) is 0 Å². The minimum atomic E-state index is -0.708. The van der Waals surface area contributed by atoms with Gasteiger partial charge in [0.15, 0.2) is 18.1 Å². The van der Waals surface area contributed by atoms with Crippen molar-refractivity contribution in [3.8, 4) is 11.5 Å². The first-order valence-corrected chi connectivity index (χ1v) is 9.32. The van der Waals surface area contributed by atoms with Crippen molar-refractivity contribution in [2.45, 2.75) is 33.6 Å². The Hall–Kier alpha value is -3.03. The van der Waals surface area contributed by atoms with E-state index >= 15 is 0 Å². The third kappa shape index (κ3) is 9.07. The van der Waals surface area contributed by atoms with Gasteiger partial charge >= 0.3 is 12.0 Å². The maximum Gasteiger partial charge on any atom is 0.331 e. The van der Waals surface area contributed by atoms with E-state index in [9.17, 15) is 14.4 Å². The summed E-state index contributed by atoms with van der Waals surface area (Å²) in [5, 5.41) is 4.44. The number of rotatable bonds is 11. The normalized spacial score (nSPS) is 10.4. The first-order chi connectivity index (χ1) is 13.5. The largest absolute Gasteiger partial charge is 0.490 e. The number of unbranched alkanes of at least 4 members (excludes halogenated alkanes) is 1. The Morgan fingerprint density at radius 1 is 1.07 bits per heavy atom. The highest BCUT2D eigenvalue weighted by Gasteiger charge is 2.09. The predicted octanol–water partition coefficient (Wildman–Crippen LogP) is 2.67. The summed E-state index contributed by atoms with van der Waals surface area (Å²) in [6, 6.07) is 4.70. The van der Waals surface area contributed by atoms with Crippen LogP contribution < -0.4 is 20.1 Å². The van der Waals surface area contributed by atoms with Crippen LogP contribution in [-0.2, 0) is 14.3 Å². The van der Waals surface area contributed by atoms with Crippen LogP contribution in [0.3, 0.4) is 0 Å². The molecular weight excluding hydrogens is 364 g/mol. The predicted molar refractivity (Wildman–Crippen MR) is 105 cm³/mol. The molecule has 8 nitrogen and oxygen atoms in total. The summed E-state index contributed by atoms with van der Waals surface area (Å²) < 4.78 is 16.1. The van der Waals surface area contributed by atoms with Gasteiger partial charge in [0.25, 0.3) is 5.91 Å². The van der Waals surface area contributed by atoms with Crippen LogP contribution in [0.4, 0.5) is 4.79 Å². The molecule has 3 amide bonds. The highest BCUT2D eigenvalue weighted by atomic mass is 16.5. The van der Waals surface area contributed by atoms with Gasteiger partial charge in [-0.2, -0.15) is 0 Å². The van der Waals surface area contributed by atoms with Crippen molar-refractivity contribution >= 4 is 24.0 Å². The van der Waals surface area contributed by atoms with Gasteiger partial charge in [-0.3, -0.25) is 10.1 Å². The second-order valence-electron chi connectivity index (χ2n) is 5.69. The van der Waals surface area contributed by atoms with Gasteiger partial charge in [0.05, 0.1) is 13.2 Å². The van der Waals surface area contributed by atoms with Crippen LogP contribution in [0.25, 0.3) is 6.08 Å². The summed E-state index contributed by atoms with van der Waals surface area (Å²) in [4.78, 5) is 34.4. The van der Waals surface area contributed by atoms with E-state index in [0.717, 1.165) is 18.4 Å². The van der Waals surface area contributed by atoms with Crippen molar-refractivity contribution in [2.24, 2.45) is 0 Å². The van der Waals surface area contributed by atoms with E-state index < -0.39 is 24.5 Å². The number of amides is 3. The van der Waals surface area contributed by atoms with E-state index in [-0.39, 0.29) is 0 Å². The third-order valence-corrected chi connectivity index (χ3v) is 3.37. The smallest absolute Gasteiger partial charge is 0.331 e. The summed E-state index contributed by atoms with van der Waals surface area (Å²) in [5.41, 5.74) is 0.718. The zero-order chi connectivity index (χ0) is 20.8. The summed E-state index contributed by atoms with van der Waals surface area (Å²) in [7, 11) is 0. The Morgan fingerprint density at radius 2 is 1.86 bits per heavy atom. The van der Waals surface area contributed by atoms with E-state index in [4.69, 9.17) is 14.2 Å². The van der Waals surface area contributed by atoms with Crippen LogP contribution in [-0.4, -0.2) is 44.3 Å². The molecule has 0 aromatic heterocycles. The lowest BCUT2D eigenvalue weighted by Gasteiger charge is -2.12. The van der Waals surface area contributed by atoms with Gasteiger partial charge in [0.2, 0.25) is 0 Å². The van der Waals surface area contributed by atoms with E-state index in [1.165, 1.54) is 6.08 Å². The van der Waals surface area contributed by atoms with Crippen LogP contribution >= 0.6 is 0 Å². The van der Waals surface area contributed by atoms with Gasteiger partial charge in [-0.05, 0) is 44.0 Å². The van der Waals surface area contributed by atoms with E-state index in [2.05, 4.69) is 12.2 Å². The van der Waals surface area contributed by atoms with Crippen molar-refractivity contribution in [3.63, 3.8) is 0 Å². The minimum absolute atomic E-state index is 0.383. The number of ether oxygens (including phenoxy) is 3. The summed E-state index contributed by atoms with van der Waals surface area (Å²) in [6.07, 6.45) is 4.73. The molecule has 0 aliphatic heterocycles. The average molecular weight is 392 g/mol. The molecule has 0 aliphatic carbocycles. The van der Waals surface area contributed by atoms with Crippen LogP contribution in [0.1, 0.15) is 39.2 Å². The molecule has 0 spiro atoms. The zero-order valence-corrected chi connectivity index (χ0v) is 16.6. The fraction of sp³-hybridized carbons (Fsp3) is 0.450. The van der Waals surface area contributed by atoms with E-state index in [0.29, 0.717) is 31.3 Å². The first kappa shape index (κ1) is 23.0. The lowest BCUT2D eigenvalue weighted by atomic mass is 10.2. The number of hydrogen-bond acceptors (Lipinski definition) is 6. The molecule has 0 fully saturated rings. The molecule has 1 rings (SSSR count). The molecule has 1 aromatic rings. The molecule has 0 atom stereocenters. The number of carbonyl (C=O) groups is 3. The molecule has 0 saturated carbocycles. The van der Waals surface area contributed by atoms with Crippen molar-refractivity contribution in [1.82, 2.24) is 10.6 Å². The zero-order valence-electron chi connectivity index (χ0n) is 16.6. The first-order valence-electron chi connectivity index (χ1n) is 9.32.